The van der Waals surface area contributed by atoms with Gasteiger partial charge in [-0.1, -0.05) is 43.9 Å². The van der Waals surface area contributed by atoms with Gasteiger partial charge < -0.3 is 10.2 Å². The number of aliphatic hydroxyl groups is 1. The van der Waals surface area contributed by atoms with Gasteiger partial charge in [0.15, 0.2) is 0 Å². The fourth-order valence-electron chi connectivity index (χ4n) is 2.07. The quantitative estimate of drug-likeness (QED) is 0.536. The molecule has 0 unspecified atom stereocenters. The van der Waals surface area contributed by atoms with E-state index in [0.29, 0.717) is 12.2 Å². The van der Waals surface area contributed by atoms with Crippen LogP contribution < -0.4 is 0 Å². The summed E-state index contributed by atoms with van der Waals surface area (Å²) < 4.78 is 0. The van der Waals surface area contributed by atoms with Crippen molar-refractivity contribution in [3.05, 3.63) is 35.4 Å². The molecule has 0 aliphatic rings. The van der Waals surface area contributed by atoms with Crippen LogP contribution in [0.25, 0.3) is 0 Å². The Labute approximate surface area is 127 Å². The van der Waals surface area contributed by atoms with Crippen LogP contribution in [0.3, 0.4) is 0 Å². The van der Waals surface area contributed by atoms with Crippen LogP contribution in [0.15, 0.2) is 24.3 Å². The van der Waals surface area contributed by atoms with E-state index in [9.17, 15) is 4.79 Å². The van der Waals surface area contributed by atoms with Crippen molar-refractivity contribution in [1.29, 1.82) is 0 Å². The molecule has 0 aliphatic carbocycles. The zero-order valence-electron chi connectivity index (χ0n) is 12.5. The summed E-state index contributed by atoms with van der Waals surface area (Å²) >= 11 is 0. The van der Waals surface area contributed by atoms with Crippen molar-refractivity contribution in [3.8, 4) is 11.8 Å². The summed E-state index contributed by atoms with van der Waals surface area (Å²) in [6, 6.07) is 6.66. The second-order valence-electron chi connectivity index (χ2n) is 5.13. The second kappa shape index (κ2) is 10.9. The Bertz CT molecular complexity index is 465. The smallest absolute Gasteiger partial charge is 0.335 e. The molecule has 114 valence electrons. The number of hydrogen-bond donors (Lipinski definition) is 2. The summed E-state index contributed by atoms with van der Waals surface area (Å²) in [6.45, 7) is 0.309. The fraction of sp³-hybridized carbons (Fsp3) is 0.500. The number of carbonyl (C=O) groups is 1. The SMILES string of the molecule is O=C(O)c1ccc(C#CCCCCCCCCCO)cc1. The van der Waals surface area contributed by atoms with Crippen molar-refractivity contribution in [2.24, 2.45) is 0 Å². The molecule has 21 heavy (non-hydrogen) atoms. The van der Waals surface area contributed by atoms with E-state index in [1.807, 2.05) is 0 Å². The highest BCUT2D eigenvalue weighted by Gasteiger charge is 1.99. The van der Waals surface area contributed by atoms with Crippen molar-refractivity contribution in [2.45, 2.75) is 51.4 Å². The minimum Gasteiger partial charge on any atom is -0.478 e. The Balaban J connectivity index is 2.11. The van der Waals surface area contributed by atoms with E-state index < -0.39 is 5.97 Å². The summed E-state index contributed by atoms with van der Waals surface area (Å²) in [7, 11) is 0. The van der Waals surface area contributed by atoms with E-state index >= 15 is 0 Å². The fourth-order valence-corrected chi connectivity index (χ4v) is 2.07. The molecule has 0 heterocycles. The van der Waals surface area contributed by atoms with E-state index in [0.717, 1.165) is 31.2 Å². The first-order chi connectivity index (χ1) is 10.2. The van der Waals surface area contributed by atoms with E-state index in [1.54, 1.807) is 24.3 Å². The first-order valence-corrected chi connectivity index (χ1v) is 7.67. The number of carboxylic acids is 1. The molecule has 1 aromatic carbocycles. The molecular formula is C18H24O3. The molecule has 0 bridgehead atoms. The van der Waals surface area contributed by atoms with Crippen LogP contribution in [0.1, 0.15) is 67.3 Å². The van der Waals surface area contributed by atoms with Gasteiger partial charge in [0.1, 0.15) is 0 Å². The third kappa shape index (κ3) is 8.16. The number of carboxylic acid groups (broad SMARTS) is 1. The summed E-state index contributed by atoms with van der Waals surface area (Å²) in [4.78, 5) is 10.7. The highest BCUT2D eigenvalue weighted by Crippen LogP contribution is 2.08. The van der Waals surface area contributed by atoms with Gasteiger partial charge in [0.2, 0.25) is 0 Å². The molecule has 1 rings (SSSR count). The molecule has 0 fully saturated rings. The van der Waals surface area contributed by atoms with Gasteiger partial charge in [-0.15, -0.1) is 0 Å². The minimum absolute atomic E-state index is 0.293. The van der Waals surface area contributed by atoms with Crippen LogP contribution in [0.4, 0.5) is 0 Å². The average molecular weight is 288 g/mol. The molecule has 0 aliphatic heterocycles. The van der Waals surface area contributed by atoms with Gasteiger partial charge in [-0.2, -0.15) is 0 Å². The van der Waals surface area contributed by atoms with Crippen molar-refractivity contribution in [1.82, 2.24) is 0 Å². The van der Waals surface area contributed by atoms with Gasteiger partial charge in [-0.3, -0.25) is 0 Å². The zero-order chi connectivity index (χ0) is 15.3. The summed E-state index contributed by atoms with van der Waals surface area (Å²) in [5, 5.41) is 17.4. The first-order valence-electron chi connectivity index (χ1n) is 7.67. The first kappa shape index (κ1) is 17.3. The van der Waals surface area contributed by atoms with Crippen LogP contribution in [-0.2, 0) is 0 Å². The highest BCUT2D eigenvalue weighted by molar-refractivity contribution is 5.87. The largest absolute Gasteiger partial charge is 0.478 e. The van der Waals surface area contributed by atoms with E-state index in [4.69, 9.17) is 10.2 Å². The Morgan fingerprint density at radius 3 is 2.05 bits per heavy atom. The molecule has 2 N–H and O–H groups in total. The van der Waals surface area contributed by atoms with Crippen molar-refractivity contribution in [3.63, 3.8) is 0 Å². The molecular weight excluding hydrogens is 264 g/mol. The number of aromatic carboxylic acids is 1. The topological polar surface area (TPSA) is 57.5 Å². The van der Waals surface area contributed by atoms with Gasteiger partial charge >= 0.3 is 5.97 Å². The molecule has 3 heteroatoms. The van der Waals surface area contributed by atoms with Crippen LogP contribution in [0.2, 0.25) is 0 Å². The van der Waals surface area contributed by atoms with E-state index in [2.05, 4.69) is 11.8 Å². The summed E-state index contributed by atoms with van der Waals surface area (Å²) in [5.41, 5.74) is 1.16. The summed E-state index contributed by atoms with van der Waals surface area (Å²) in [5.74, 6) is 5.28. The third-order valence-electron chi connectivity index (χ3n) is 3.32. The predicted molar refractivity (Wildman–Crippen MR) is 84.3 cm³/mol. The van der Waals surface area contributed by atoms with Crippen LogP contribution in [0.5, 0.6) is 0 Å². The Kier molecular flexibility index (Phi) is 8.99. The third-order valence-corrected chi connectivity index (χ3v) is 3.32. The van der Waals surface area contributed by atoms with Crippen molar-refractivity contribution >= 4 is 5.97 Å². The molecule has 1 aromatic rings. The van der Waals surface area contributed by atoms with Crippen LogP contribution in [0, 0.1) is 11.8 Å². The minimum atomic E-state index is -0.909. The maximum Gasteiger partial charge on any atom is 0.335 e. The number of unbranched alkanes of at least 4 members (excludes halogenated alkanes) is 7. The number of benzene rings is 1. The molecule has 0 aromatic heterocycles. The lowest BCUT2D eigenvalue weighted by Gasteiger charge is -1.99. The molecule has 0 radical (unpaired) electrons. The Hall–Kier alpha value is -1.79. The van der Waals surface area contributed by atoms with Gasteiger partial charge in [0.25, 0.3) is 0 Å². The summed E-state index contributed by atoms with van der Waals surface area (Å²) in [6.07, 6.45) is 8.94. The molecule has 0 spiro atoms. The van der Waals surface area contributed by atoms with E-state index in [-0.39, 0.29) is 0 Å². The molecule has 0 saturated carbocycles. The average Bonchev–Trinajstić information content (AvgIpc) is 2.49. The zero-order valence-corrected chi connectivity index (χ0v) is 12.5. The van der Waals surface area contributed by atoms with Gasteiger partial charge in [-0.25, -0.2) is 4.79 Å². The maximum atomic E-state index is 10.7. The van der Waals surface area contributed by atoms with Crippen LogP contribution >= 0.6 is 0 Å². The second-order valence-corrected chi connectivity index (χ2v) is 5.13. The lowest BCUT2D eigenvalue weighted by Crippen LogP contribution is -1.94. The lowest BCUT2D eigenvalue weighted by atomic mass is 10.1. The monoisotopic (exact) mass is 288 g/mol. The molecule has 0 atom stereocenters. The normalized spacial score (nSPS) is 9.95. The Morgan fingerprint density at radius 1 is 0.905 bits per heavy atom. The molecule has 3 nitrogen and oxygen atoms in total. The van der Waals surface area contributed by atoms with Gasteiger partial charge in [-0.05, 0) is 37.1 Å². The van der Waals surface area contributed by atoms with Gasteiger partial charge in [0.05, 0.1) is 5.56 Å². The van der Waals surface area contributed by atoms with Crippen LogP contribution in [-0.4, -0.2) is 22.8 Å². The molecule has 0 amide bonds. The predicted octanol–water partition coefficient (Wildman–Crippen LogP) is 3.85. The maximum absolute atomic E-state index is 10.7. The van der Waals surface area contributed by atoms with E-state index in [1.165, 1.54) is 25.7 Å². The van der Waals surface area contributed by atoms with Crippen molar-refractivity contribution < 1.29 is 15.0 Å². The standard InChI is InChI=1S/C18H24O3/c19-15-9-7-5-3-1-2-4-6-8-10-16-11-13-17(14-12-16)18(20)21/h11-14,19H,1-7,9,15H2,(H,20,21). The number of aliphatic hydroxyl groups excluding tert-OH is 1. The Morgan fingerprint density at radius 2 is 1.48 bits per heavy atom. The number of hydrogen-bond acceptors (Lipinski definition) is 2. The number of rotatable bonds is 9. The van der Waals surface area contributed by atoms with Gasteiger partial charge in [0, 0.05) is 18.6 Å². The molecule has 0 saturated heterocycles. The highest BCUT2D eigenvalue weighted by atomic mass is 16.4. The lowest BCUT2D eigenvalue weighted by molar-refractivity contribution is 0.0697. The van der Waals surface area contributed by atoms with Crippen molar-refractivity contribution in [2.75, 3.05) is 6.61 Å².